The molecule has 3 heteroatoms. The Labute approximate surface area is 100 Å². The lowest BCUT2D eigenvalue weighted by Crippen LogP contribution is -2.48. The minimum atomic E-state index is -0.0979. The van der Waals surface area contributed by atoms with Crippen molar-refractivity contribution in [2.75, 3.05) is 26.7 Å². The van der Waals surface area contributed by atoms with Gasteiger partial charge in [0.25, 0.3) is 0 Å². The van der Waals surface area contributed by atoms with E-state index in [1.807, 2.05) is 0 Å². The Morgan fingerprint density at radius 1 is 1.38 bits per heavy atom. The van der Waals surface area contributed by atoms with E-state index >= 15 is 0 Å². The van der Waals surface area contributed by atoms with Gasteiger partial charge in [0.1, 0.15) is 0 Å². The summed E-state index contributed by atoms with van der Waals surface area (Å²) in [6.07, 6.45) is 3.98. The van der Waals surface area contributed by atoms with Gasteiger partial charge in [-0.2, -0.15) is 0 Å². The fraction of sp³-hybridized carbons (Fsp3) is 1.00. The molecule has 1 saturated carbocycles. The predicted molar refractivity (Wildman–Crippen MR) is 68.6 cm³/mol. The Morgan fingerprint density at radius 3 is 2.62 bits per heavy atom. The molecular formula is C13H28N2O. The van der Waals surface area contributed by atoms with E-state index in [9.17, 15) is 5.11 Å². The summed E-state index contributed by atoms with van der Waals surface area (Å²) >= 11 is 0. The van der Waals surface area contributed by atoms with Gasteiger partial charge < -0.3 is 10.4 Å². The maximum atomic E-state index is 9.35. The topological polar surface area (TPSA) is 35.5 Å². The van der Waals surface area contributed by atoms with Crippen molar-refractivity contribution in [3.8, 4) is 0 Å². The second kappa shape index (κ2) is 5.99. The van der Waals surface area contributed by atoms with Crippen LogP contribution in [0.2, 0.25) is 0 Å². The zero-order valence-corrected chi connectivity index (χ0v) is 11.3. The van der Waals surface area contributed by atoms with E-state index in [2.05, 4.69) is 38.0 Å². The first-order valence-corrected chi connectivity index (χ1v) is 6.56. The van der Waals surface area contributed by atoms with Gasteiger partial charge in [0.2, 0.25) is 0 Å². The highest BCUT2D eigenvalue weighted by Crippen LogP contribution is 2.27. The Bertz CT molecular complexity index is 206. The van der Waals surface area contributed by atoms with Crippen LogP contribution in [0.4, 0.5) is 0 Å². The number of aliphatic hydroxyl groups excluding tert-OH is 1. The highest BCUT2D eigenvalue weighted by Gasteiger charge is 2.31. The van der Waals surface area contributed by atoms with Crippen LogP contribution >= 0.6 is 0 Å². The van der Waals surface area contributed by atoms with Crippen LogP contribution in [-0.4, -0.2) is 48.3 Å². The molecule has 1 fully saturated rings. The molecule has 0 heterocycles. The molecule has 0 aromatic heterocycles. The Morgan fingerprint density at radius 2 is 2.06 bits per heavy atom. The van der Waals surface area contributed by atoms with Gasteiger partial charge in [-0.05, 0) is 46.2 Å². The number of rotatable bonds is 6. The molecule has 3 nitrogen and oxygen atoms in total. The van der Waals surface area contributed by atoms with Crippen molar-refractivity contribution in [3.63, 3.8) is 0 Å². The van der Waals surface area contributed by atoms with Crippen LogP contribution in [0.5, 0.6) is 0 Å². The second-order valence-electron chi connectivity index (χ2n) is 5.71. The molecule has 0 aromatic rings. The number of hydrogen-bond donors (Lipinski definition) is 2. The molecule has 0 saturated heterocycles. The minimum absolute atomic E-state index is 0.0979. The smallest absolute Gasteiger partial charge is 0.0609 e. The molecule has 1 aliphatic carbocycles. The monoisotopic (exact) mass is 228 g/mol. The second-order valence-corrected chi connectivity index (χ2v) is 5.71. The number of hydrogen-bond acceptors (Lipinski definition) is 3. The first kappa shape index (κ1) is 13.9. The molecule has 0 spiro atoms. The van der Waals surface area contributed by atoms with Crippen molar-refractivity contribution in [2.24, 2.45) is 5.92 Å². The lowest BCUT2D eigenvalue weighted by atomic mass is 9.98. The third-order valence-corrected chi connectivity index (χ3v) is 4.05. The average molecular weight is 228 g/mol. The third kappa shape index (κ3) is 3.44. The van der Waals surface area contributed by atoms with Gasteiger partial charge in [-0.25, -0.2) is 0 Å². The first-order valence-electron chi connectivity index (χ1n) is 6.56. The minimum Gasteiger partial charge on any atom is -0.394 e. The van der Waals surface area contributed by atoms with Crippen LogP contribution in [0, 0.1) is 5.92 Å². The SMILES string of the molecule is CCNC1CCCC1CN(C)C(C)(C)CO. The molecular weight excluding hydrogens is 200 g/mol. The van der Waals surface area contributed by atoms with Crippen molar-refractivity contribution >= 4 is 0 Å². The van der Waals surface area contributed by atoms with Crippen molar-refractivity contribution in [1.82, 2.24) is 10.2 Å². The quantitative estimate of drug-likeness (QED) is 0.722. The number of likely N-dealkylation sites (N-methyl/N-ethyl adjacent to an activating group) is 1. The van der Waals surface area contributed by atoms with Crippen LogP contribution in [0.25, 0.3) is 0 Å². The molecule has 2 unspecified atom stereocenters. The largest absolute Gasteiger partial charge is 0.394 e. The fourth-order valence-corrected chi connectivity index (χ4v) is 2.51. The Kier molecular flexibility index (Phi) is 5.22. The summed E-state index contributed by atoms with van der Waals surface area (Å²) < 4.78 is 0. The van der Waals surface area contributed by atoms with Crippen molar-refractivity contribution in [3.05, 3.63) is 0 Å². The van der Waals surface area contributed by atoms with Crippen molar-refractivity contribution < 1.29 is 5.11 Å². The summed E-state index contributed by atoms with van der Waals surface area (Å²) in [5.74, 6) is 0.746. The molecule has 1 aliphatic rings. The van der Waals surface area contributed by atoms with Gasteiger partial charge in [0, 0.05) is 18.1 Å². The molecule has 16 heavy (non-hydrogen) atoms. The summed E-state index contributed by atoms with van der Waals surface area (Å²) in [6, 6.07) is 0.682. The standard InChI is InChI=1S/C13H28N2O/c1-5-14-12-8-6-7-11(12)9-15(4)13(2,3)10-16/h11-12,14,16H,5-10H2,1-4H3. The molecule has 96 valence electrons. The zero-order chi connectivity index (χ0) is 12.2. The van der Waals surface area contributed by atoms with Gasteiger partial charge in [-0.3, -0.25) is 4.90 Å². The van der Waals surface area contributed by atoms with Gasteiger partial charge in [-0.15, -0.1) is 0 Å². The molecule has 0 aromatic carbocycles. The summed E-state index contributed by atoms with van der Waals surface area (Å²) in [4.78, 5) is 2.30. The molecule has 2 atom stereocenters. The molecule has 0 aliphatic heterocycles. The van der Waals surface area contributed by atoms with Crippen molar-refractivity contribution in [2.45, 2.75) is 51.6 Å². The van der Waals surface area contributed by atoms with Crippen LogP contribution in [0.1, 0.15) is 40.0 Å². The van der Waals surface area contributed by atoms with E-state index in [0.717, 1.165) is 19.0 Å². The number of nitrogens with zero attached hydrogens (tertiary/aromatic N) is 1. The molecule has 0 bridgehead atoms. The predicted octanol–water partition coefficient (Wildman–Crippen LogP) is 1.47. The lowest BCUT2D eigenvalue weighted by molar-refractivity contribution is 0.0635. The zero-order valence-electron chi connectivity index (χ0n) is 11.3. The Balaban J connectivity index is 2.46. The van der Waals surface area contributed by atoms with E-state index in [1.54, 1.807) is 0 Å². The third-order valence-electron chi connectivity index (χ3n) is 4.05. The summed E-state index contributed by atoms with van der Waals surface area (Å²) in [5, 5.41) is 12.9. The maximum Gasteiger partial charge on any atom is 0.0609 e. The molecule has 2 N–H and O–H groups in total. The molecule has 0 amide bonds. The van der Waals surface area contributed by atoms with Gasteiger partial charge in [-0.1, -0.05) is 13.3 Å². The highest BCUT2D eigenvalue weighted by molar-refractivity contribution is 4.88. The van der Waals surface area contributed by atoms with Crippen LogP contribution in [0.15, 0.2) is 0 Å². The van der Waals surface area contributed by atoms with Gasteiger partial charge in [0.15, 0.2) is 0 Å². The molecule has 0 radical (unpaired) electrons. The summed E-state index contributed by atoms with van der Waals surface area (Å²) in [5.41, 5.74) is -0.0979. The van der Waals surface area contributed by atoms with Gasteiger partial charge >= 0.3 is 0 Å². The first-order chi connectivity index (χ1) is 7.51. The highest BCUT2D eigenvalue weighted by atomic mass is 16.3. The van der Waals surface area contributed by atoms with E-state index in [-0.39, 0.29) is 12.1 Å². The number of nitrogens with one attached hydrogen (secondary N) is 1. The fourth-order valence-electron chi connectivity index (χ4n) is 2.51. The van der Waals surface area contributed by atoms with E-state index in [1.165, 1.54) is 19.3 Å². The van der Waals surface area contributed by atoms with Crippen LogP contribution in [0.3, 0.4) is 0 Å². The van der Waals surface area contributed by atoms with E-state index in [0.29, 0.717) is 6.04 Å². The van der Waals surface area contributed by atoms with Gasteiger partial charge in [0.05, 0.1) is 6.61 Å². The Hall–Kier alpha value is -0.120. The summed E-state index contributed by atoms with van der Waals surface area (Å²) in [6.45, 7) is 8.76. The number of aliphatic hydroxyl groups is 1. The maximum absolute atomic E-state index is 9.35. The van der Waals surface area contributed by atoms with Crippen molar-refractivity contribution in [1.29, 1.82) is 0 Å². The normalized spacial score (nSPS) is 26.6. The summed E-state index contributed by atoms with van der Waals surface area (Å²) in [7, 11) is 2.12. The average Bonchev–Trinajstić information content (AvgIpc) is 2.66. The van der Waals surface area contributed by atoms with Crippen LogP contribution < -0.4 is 5.32 Å². The van der Waals surface area contributed by atoms with Crippen LogP contribution in [-0.2, 0) is 0 Å². The molecule has 1 rings (SSSR count). The van der Waals surface area contributed by atoms with E-state index < -0.39 is 0 Å². The van der Waals surface area contributed by atoms with E-state index in [4.69, 9.17) is 0 Å². The lowest BCUT2D eigenvalue weighted by Gasteiger charge is -2.37.